The average molecular weight is 448 g/mol. The molecule has 0 aliphatic heterocycles. The summed E-state index contributed by atoms with van der Waals surface area (Å²) >= 11 is 0. The maximum absolute atomic E-state index is 8.13. The molecule has 0 unspecified atom stereocenters. The number of benzene rings is 3. The number of hydrogen-bond acceptors (Lipinski definition) is 4. The SMILES string of the molecule is COC(=N)c1cccc(-c2cnc3[nH]ccc3c2-c2c(C)cccc2-c2ccccc2OC)c1. The Labute approximate surface area is 198 Å². The highest BCUT2D eigenvalue weighted by Crippen LogP contribution is 2.45. The fourth-order valence-corrected chi connectivity index (χ4v) is 4.53. The van der Waals surface area contributed by atoms with Crippen molar-refractivity contribution >= 4 is 16.9 Å². The minimum absolute atomic E-state index is 0.129. The first kappa shape index (κ1) is 21.5. The van der Waals surface area contributed by atoms with Gasteiger partial charge in [-0.25, -0.2) is 4.98 Å². The molecule has 5 nitrogen and oxygen atoms in total. The van der Waals surface area contributed by atoms with Crippen molar-refractivity contribution in [2.45, 2.75) is 6.92 Å². The minimum atomic E-state index is 0.129. The molecule has 3 aromatic carbocycles. The third-order valence-corrected chi connectivity index (χ3v) is 6.15. The highest BCUT2D eigenvalue weighted by molar-refractivity contribution is 6.06. The van der Waals surface area contributed by atoms with Crippen LogP contribution in [0.5, 0.6) is 5.75 Å². The Morgan fingerprint density at radius 2 is 1.65 bits per heavy atom. The second kappa shape index (κ2) is 8.87. The van der Waals surface area contributed by atoms with Crippen LogP contribution >= 0.6 is 0 Å². The van der Waals surface area contributed by atoms with E-state index in [0.717, 1.165) is 61.3 Å². The van der Waals surface area contributed by atoms with Gasteiger partial charge >= 0.3 is 0 Å². The molecule has 0 saturated heterocycles. The second-order valence-electron chi connectivity index (χ2n) is 8.10. The van der Waals surface area contributed by atoms with E-state index in [1.54, 1.807) is 7.11 Å². The summed E-state index contributed by atoms with van der Waals surface area (Å²) in [5, 5.41) is 9.17. The van der Waals surface area contributed by atoms with E-state index < -0.39 is 0 Å². The molecular weight excluding hydrogens is 422 g/mol. The molecule has 5 heteroatoms. The van der Waals surface area contributed by atoms with Crippen LogP contribution in [0.15, 0.2) is 85.2 Å². The van der Waals surface area contributed by atoms with Gasteiger partial charge in [-0.15, -0.1) is 0 Å². The lowest BCUT2D eigenvalue weighted by atomic mass is 9.85. The van der Waals surface area contributed by atoms with E-state index in [2.05, 4.69) is 42.2 Å². The number of nitrogens with zero attached hydrogens (tertiary/aromatic N) is 1. The van der Waals surface area contributed by atoms with E-state index in [1.165, 1.54) is 7.11 Å². The van der Waals surface area contributed by atoms with Crippen molar-refractivity contribution in [2.75, 3.05) is 14.2 Å². The van der Waals surface area contributed by atoms with Gasteiger partial charge in [0.1, 0.15) is 11.4 Å². The van der Waals surface area contributed by atoms with Crippen LogP contribution in [0, 0.1) is 12.3 Å². The molecule has 0 saturated carbocycles. The molecule has 0 aliphatic carbocycles. The molecule has 2 aromatic heterocycles. The summed E-state index contributed by atoms with van der Waals surface area (Å²) in [5.74, 6) is 0.954. The molecule has 5 aromatic rings. The van der Waals surface area contributed by atoms with Gasteiger partial charge in [0.2, 0.25) is 5.90 Å². The number of nitrogens with one attached hydrogen (secondary N) is 2. The number of aromatic nitrogens is 2. The number of fused-ring (bicyclic) bond motifs is 1. The van der Waals surface area contributed by atoms with E-state index >= 15 is 0 Å². The number of hydrogen-bond donors (Lipinski definition) is 2. The number of pyridine rings is 1. The summed E-state index contributed by atoms with van der Waals surface area (Å²) < 4.78 is 10.9. The Kier molecular flexibility index (Phi) is 5.60. The molecule has 0 fully saturated rings. The lowest BCUT2D eigenvalue weighted by Gasteiger charge is -2.19. The fraction of sp³-hybridized carbons (Fsp3) is 0.103. The van der Waals surface area contributed by atoms with E-state index in [-0.39, 0.29) is 5.90 Å². The zero-order chi connectivity index (χ0) is 23.7. The highest BCUT2D eigenvalue weighted by Gasteiger charge is 2.21. The Bertz CT molecular complexity index is 1520. The van der Waals surface area contributed by atoms with E-state index in [4.69, 9.17) is 19.9 Å². The topological polar surface area (TPSA) is 71.0 Å². The number of methoxy groups -OCH3 is 2. The van der Waals surface area contributed by atoms with Gasteiger partial charge in [0.05, 0.1) is 14.2 Å². The van der Waals surface area contributed by atoms with E-state index in [1.807, 2.05) is 54.9 Å². The van der Waals surface area contributed by atoms with Crippen molar-refractivity contribution in [3.05, 3.63) is 96.3 Å². The molecule has 168 valence electrons. The summed E-state index contributed by atoms with van der Waals surface area (Å²) in [6, 6.07) is 24.4. The van der Waals surface area contributed by atoms with Crippen LogP contribution in [0.25, 0.3) is 44.4 Å². The number of aromatic amines is 1. The van der Waals surface area contributed by atoms with Gasteiger partial charge in [-0.1, -0.05) is 48.5 Å². The van der Waals surface area contributed by atoms with Crippen LogP contribution in [0.1, 0.15) is 11.1 Å². The van der Waals surface area contributed by atoms with Gasteiger partial charge in [0.25, 0.3) is 0 Å². The monoisotopic (exact) mass is 447 g/mol. The molecular formula is C29H25N3O2. The predicted octanol–water partition coefficient (Wildman–Crippen LogP) is 6.85. The van der Waals surface area contributed by atoms with Gasteiger partial charge in [-0.05, 0) is 53.4 Å². The van der Waals surface area contributed by atoms with Crippen LogP contribution in [0.3, 0.4) is 0 Å². The Morgan fingerprint density at radius 1 is 0.853 bits per heavy atom. The molecule has 0 radical (unpaired) electrons. The molecule has 0 amide bonds. The maximum atomic E-state index is 8.13. The molecule has 0 bridgehead atoms. The third kappa shape index (κ3) is 3.61. The molecule has 34 heavy (non-hydrogen) atoms. The number of ether oxygens (including phenoxy) is 2. The fourth-order valence-electron chi connectivity index (χ4n) is 4.53. The van der Waals surface area contributed by atoms with Crippen molar-refractivity contribution in [2.24, 2.45) is 0 Å². The Balaban J connectivity index is 1.85. The maximum Gasteiger partial charge on any atom is 0.212 e. The van der Waals surface area contributed by atoms with E-state index in [0.29, 0.717) is 0 Å². The molecule has 2 N–H and O–H groups in total. The third-order valence-electron chi connectivity index (χ3n) is 6.15. The first-order valence-electron chi connectivity index (χ1n) is 11.0. The van der Waals surface area contributed by atoms with Crippen LogP contribution < -0.4 is 4.74 Å². The van der Waals surface area contributed by atoms with Crippen LogP contribution in [-0.2, 0) is 4.74 Å². The molecule has 0 spiro atoms. The summed E-state index contributed by atoms with van der Waals surface area (Å²) in [5.41, 5.74) is 9.00. The number of para-hydroxylation sites is 1. The normalized spacial score (nSPS) is 10.9. The summed E-state index contributed by atoms with van der Waals surface area (Å²) in [6.07, 6.45) is 3.82. The quantitative estimate of drug-likeness (QED) is 0.229. The summed E-state index contributed by atoms with van der Waals surface area (Å²) in [6.45, 7) is 2.13. The first-order chi connectivity index (χ1) is 16.6. The average Bonchev–Trinajstić information content (AvgIpc) is 3.37. The number of H-pyrrole nitrogens is 1. The Morgan fingerprint density at radius 3 is 2.47 bits per heavy atom. The van der Waals surface area contributed by atoms with Gasteiger partial charge in [0.15, 0.2) is 0 Å². The van der Waals surface area contributed by atoms with Crippen molar-refractivity contribution in [1.29, 1.82) is 5.41 Å². The van der Waals surface area contributed by atoms with Gasteiger partial charge in [0, 0.05) is 40.0 Å². The van der Waals surface area contributed by atoms with Gasteiger partial charge < -0.3 is 14.5 Å². The predicted molar refractivity (Wildman–Crippen MR) is 138 cm³/mol. The van der Waals surface area contributed by atoms with Crippen LogP contribution in [0.4, 0.5) is 0 Å². The van der Waals surface area contributed by atoms with Crippen LogP contribution in [-0.4, -0.2) is 30.1 Å². The van der Waals surface area contributed by atoms with E-state index in [9.17, 15) is 0 Å². The van der Waals surface area contributed by atoms with Crippen LogP contribution in [0.2, 0.25) is 0 Å². The smallest absolute Gasteiger partial charge is 0.212 e. The lowest BCUT2D eigenvalue weighted by Crippen LogP contribution is -2.01. The summed E-state index contributed by atoms with van der Waals surface area (Å²) in [7, 11) is 3.22. The van der Waals surface area contributed by atoms with Gasteiger partial charge in [-0.3, -0.25) is 5.41 Å². The summed E-state index contributed by atoms with van der Waals surface area (Å²) in [4.78, 5) is 7.96. The minimum Gasteiger partial charge on any atom is -0.496 e. The largest absolute Gasteiger partial charge is 0.496 e. The first-order valence-corrected chi connectivity index (χ1v) is 11.0. The van der Waals surface area contributed by atoms with Crippen molar-refractivity contribution in [1.82, 2.24) is 9.97 Å². The van der Waals surface area contributed by atoms with Crippen molar-refractivity contribution < 1.29 is 9.47 Å². The lowest BCUT2D eigenvalue weighted by molar-refractivity contribution is 0.401. The molecule has 5 rings (SSSR count). The zero-order valence-electron chi connectivity index (χ0n) is 19.3. The second-order valence-corrected chi connectivity index (χ2v) is 8.10. The number of aryl methyl sites for hydroxylation is 1. The Hall–Kier alpha value is -4.38. The van der Waals surface area contributed by atoms with Crippen molar-refractivity contribution in [3.63, 3.8) is 0 Å². The van der Waals surface area contributed by atoms with Crippen molar-refractivity contribution in [3.8, 4) is 39.1 Å². The van der Waals surface area contributed by atoms with Gasteiger partial charge in [-0.2, -0.15) is 0 Å². The molecule has 0 atom stereocenters. The molecule has 2 heterocycles. The standard InChI is InChI=1S/C29H25N3O2/c1-18-8-6-12-22(21-11-4-5-13-25(21)33-2)26(18)27-23-14-15-31-29(23)32-17-24(27)19-9-7-10-20(16-19)28(30)34-3/h4-17,30H,1-3H3,(H,31,32). The number of rotatable bonds is 5. The highest BCUT2D eigenvalue weighted by atomic mass is 16.5. The molecule has 0 aliphatic rings. The zero-order valence-corrected chi connectivity index (χ0v) is 19.3.